The van der Waals surface area contributed by atoms with Crippen LogP contribution in [0.25, 0.3) is 10.9 Å². The SMILES string of the molecule is Clc1ccc2c(ccn2Cc2cscn2)c1. The summed E-state index contributed by atoms with van der Waals surface area (Å²) in [5.74, 6) is 0. The minimum Gasteiger partial charge on any atom is -0.341 e. The molecule has 3 rings (SSSR count). The van der Waals surface area contributed by atoms with Gasteiger partial charge in [-0.15, -0.1) is 11.3 Å². The van der Waals surface area contributed by atoms with Crippen molar-refractivity contribution in [3.63, 3.8) is 0 Å². The predicted octanol–water partition coefficient (Wildman–Crippen LogP) is 3.80. The van der Waals surface area contributed by atoms with Crippen LogP contribution in [-0.4, -0.2) is 9.55 Å². The van der Waals surface area contributed by atoms with Gasteiger partial charge in [0.15, 0.2) is 0 Å². The first-order chi connectivity index (χ1) is 7.83. The van der Waals surface area contributed by atoms with Crippen molar-refractivity contribution in [2.45, 2.75) is 6.54 Å². The molecule has 0 bridgehead atoms. The zero-order valence-electron chi connectivity index (χ0n) is 8.43. The quantitative estimate of drug-likeness (QED) is 0.675. The van der Waals surface area contributed by atoms with E-state index in [1.54, 1.807) is 11.3 Å². The van der Waals surface area contributed by atoms with E-state index in [-0.39, 0.29) is 0 Å². The summed E-state index contributed by atoms with van der Waals surface area (Å²) in [4.78, 5) is 4.29. The Bertz CT molecular complexity index is 613. The van der Waals surface area contributed by atoms with Crippen LogP contribution in [-0.2, 0) is 6.54 Å². The fourth-order valence-corrected chi connectivity index (χ4v) is 2.53. The highest BCUT2D eigenvalue weighted by Gasteiger charge is 2.03. The van der Waals surface area contributed by atoms with Gasteiger partial charge in [-0.1, -0.05) is 11.6 Å². The summed E-state index contributed by atoms with van der Waals surface area (Å²) in [6, 6.07) is 8.02. The van der Waals surface area contributed by atoms with Gasteiger partial charge in [-0.3, -0.25) is 0 Å². The van der Waals surface area contributed by atoms with Gasteiger partial charge in [-0.2, -0.15) is 0 Å². The van der Waals surface area contributed by atoms with Crippen molar-refractivity contribution < 1.29 is 0 Å². The Morgan fingerprint density at radius 3 is 3.06 bits per heavy atom. The molecule has 4 heteroatoms. The number of nitrogens with zero attached hydrogens (tertiary/aromatic N) is 2. The van der Waals surface area contributed by atoms with Crippen LogP contribution in [0.4, 0.5) is 0 Å². The van der Waals surface area contributed by atoms with Crippen molar-refractivity contribution >= 4 is 33.8 Å². The fourth-order valence-electron chi connectivity index (χ4n) is 1.80. The topological polar surface area (TPSA) is 17.8 Å². The van der Waals surface area contributed by atoms with Crippen molar-refractivity contribution in [1.29, 1.82) is 0 Å². The molecule has 1 aromatic carbocycles. The van der Waals surface area contributed by atoms with Crippen LogP contribution in [0.15, 0.2) is 41.4 Å². The highest BCUT2D eigenvalue weighted by Crippen LogP contribution is 2.21. The molecule has 0 aliphatic rings. The molecule has 0 saturated heterocycles. The Labute approximate surface area is 102 Å². The standard InChI is InChI=1S/C12H9ClN2S/c13-10-1-2-12-9(5-10)3-4-15(12)6-11-7-16-8-14-11/h1-5,7-8H,6H2. The molecule has 0 aliphatic carbocycles. The van der Waals surface area contributed by atoms with Gasteiger partial charge in [0, 0.05) is 27.5 Å². The van der Waals surface area contributed by atoms with Crippen LogP contribution in [0.2, 0.25) is 5.02 Å². The Balaban J connectivity index is 2.04. The zero-order valence-corrected chi connectivity index (χ0v) is 10.0. The summed E-state index contributed by atoms with van der Waals surface area (Å²) in [7, 11) is 0. The Morgan fingerprint density at radius 1 is 1.31 bits per heavy atom. The molecule has 80 valence electrons. The predicted molar refractivity (Wildman–Crippen MR) is 68.2 cm³/mol. The molecule has 16 heavy (non-hydrogen) atoms. The molecule has 0 N–H and O–H groups in total. The van der Waals surface area contributed by atoms with Gasteiger partial charge in [0.2, 0.25) is 0 Å². The van der Waals surface area contributed by atoms with Gasteiger partial charge in [0.25, 0.3) is 0 Å². The summed E-state index contributed by atoms with van der Waals surface area (Å²) < 4.78 is 2.18. The maximum Gasteiger partial charge on any atom is 0.0795 e. The Morgan fingerprint density at radius 2 is 2.25 bits per heavy atom. The molecule has 0 fully saturated rings. The first-order valence-corrected chi connectivity index (χ1v) is 6.26. The van der Waals surface area contributed by atoms with Crippen LogP contribution in [0, 0.1) is 0 Å². The number of aromatic nitrogens is 2. The van der Waals surface area contributed by atoms with Crippen LogP contribution in [0.5, 0.6) is 0 Å². The van der Waals surface area contributed by atoms with E-state index in [1.165, 1.54) is 10.9 Å². The largest absolute Gasteiger partial charge is 0.341 e. The number of hydrogen-bond acceptors (Lipinski definition) is 2. The molecular formula is C12H9ClN2S. The maximum atomic E-state index is 5.95. The molecule has 3 aromatic rings. The fraction of sp³-hybridized carbons (Fsp3) is 0.0833. The van der Waals surface area contributed by atoms with E-state index in [2.05, 4.69) is 27.2 Å². The highest BCUT2D eigenvalue weighted by atomic mass is 35.5. The summed E-state index contributed by atoms with van der Waals surface area (Å²) >= 11 is 7.57. The molecule has 0 spiro atoms. The van der Waals surface area contributed by atoms with E-state index in [9.17, 15) is 0 Å². The Kier molecular flexibility index (Phi) is 2.42. The maximum absolute atomic E-state index is 5.95. The summed E-state index contributed by atoms with van der Waals surface area (Å²) in [5.41, 5.74) is 4.15. The smallest absolute Gasteiger partial charge is 0.0795 e. The monoisotopic (exact) mass is 248 g/mol. The minimum atomic E-state index is 0.777. The first-order valence-electron chi connectivity index (χ1n) is 4.94. The zero-order chi connectivity index (χ0) is 11.0. The first kappa shape index (κ1) is 9.87. The van der Waals surface area contributed by atoms with Crippen molar-refractivity contribution in [3.05, 3.63) is 52.1 Å². The summed E-state index contributed by atoms with van der Waals surface area (Å²) in [6.45, 7) is 0.814. The minimum absolute atomic E-state index is 0.777. The lowest BCUT2D eigenvalue weighted by molar-refractivity contribution is 0.814. The number of fused-ring (bicyclic) bond motifs is 1. The van der Waals surface area contributed by atoms with E-state index in [1.807, 2.05) is 23.7 Å². The third-order valence-corrected chi connectivity index (χ3v) is 3.42. The number of thiazole rings is 1. The molecule has 0 radical (unpaired) electrons. The van der Waals surface area contributed by atoms with Gasteiger partial charge in [-0.25, -0.2) is 4.98 Å². The van der Waals surface area contributed by atoms with Crippen molar-refractivity contribution in [2.24, 2.45) is 0 Å². The second kappa shape index (κ2) is 3.92. The third-order valence-electron chi connectivity index (χ3n) is 2.55. The van der Waals surface area contributed by atoms with E-state index in [0.717, 1.165) is 17.3 Å². The average Bonchev–Trinajstić information content (AvgIpc) is 2.89. The third kappa shape index (κ3) is 1.72. The normalized spacial score (nSPS) is 11.1. The average molecular weight is 249 g/mol. The molecule has 0 saturated carbocycles. The highest BCUT2D eigenvalue weighted by molar-refractivity contribution is 7.07. The van der Waals surface area contributed by atoms with Gasteiger partial charge in [-0.05, 0) is 24.3 Å². The number of benzene rings is 1. The van der Waals surface area contributed by atoms with Gasteiger partial charge < -0.3 is 4.57 Å². The number of hydrogen-bond donors (Lipinski definition) is 0. The van der Waals surface area contributed by atoms with Gasteiger partial charge >= 0.3 is 0 Å². The molecule has 0 aliphatic heterocycles. The molecule has 2 nitrogen and oxygen atoms in total. The molecule has 2 aromatic heterocycles. The molecule has 0 unspecified atom stereocenters. The van der Waals surface area contributed by atoms with Crippen LogP contribution >= 0.6 is 22.9 Å². The summed E-state index contributed by atoms with van der Waals surface area (Å²) in [6.07, 6.45) is 2.07. The van der Waals surface area contributed by atoms with Crippen molar-refractivity contribution in [1.82, 2.24) is 9.55 Å². The summed E-state index contributed by atoms with van der Waals surface area (Å²) in [5, 5.41) is 4.02. The second-order valence-corrected chi connectivity index (χ2v) is 4.78. The van der Waals surface area contributed by atoms with Crippen molar-refractivity contribution in [2.75, 3.05) is 0 Å². The number of halogens is 1. The van der Waals surface area contributed by atoms with Gasteiger partial charge in [0.1, 0.15) is 0 Å². The van der Waals surface area contributed by atoms with E-state index < -0.39 is 0 Å². The second-order valence-electron chi connectivity index (χ2n) is 3.63. The lowest BCUT2D eigenvalue weighted by Gasteiger charge is -2.02. The van der Waals surface area contributed by atoms with Crippen LogP contribution < -0.4 is 0 Å². The molecule has 0 atom stereocenters. The molecule has 0 amide bonds. The van der Waals surface area contributed by atoms with E-state index in [4.69, 9.17) is 11.6 Å². The molecule has 2 heterocycles. The Hall–Kier alpha value is -1.32. The van der Waals surface area contributed by atoms with E-state index in [0.29, 0.717) is 0 Å². The number of rotatable bonds is 2. The van der Waals surface area contributed by atoms with Crippen molar-refractivity contribution in [3.8, 4) is 0 Å². The van der Waals surface area contributed by atoms with Gasteiger partial charge in [0.05, 0.1) is 17.7 Å². The van der Waals surface area contributed by atoms with E-state index >= 15 is 0 Å². The molecular weight excluding hydrogens is 240 g/mol. The lowest BCUT2D eigenvalue weighted by atomic mass is 10.2. The lowest BCUT2D eigenvalue weighted by Crippen LogP contribution is -1.97. The van der Waals surface area contributed by atoms with Crippen LogP contribution in [0.3, 0.4) is 0 Å². The van der Waals surface area contributed by atoms with Crippen LogP contribution in [0.1, 0.15) is 5.69 Å².